The summed E-state index contributed by atoms with van der Waals surface area (Å²) < 4.78 is 11.0. The standard InChI is InChI=1S/C22H27N3O5/c1-29-17-9-5-8-16(12-17)24-22(28)25-19-11-10-18(30-20(19)14-26)13-21(27)23-15-6-3-2-4-7-15/h2-9,12,18-20,26H,10-11,13-14H2,1H3,(H,23,27)(H2,24,25,28)/t18-,19-,20+/m0/s1. The second-order valence-electron chi connectivity index (χ2n) is 7.11. The minimum Gasteiger partial charge on any atom is -0.497 e. The molecule has 0 unspecified atom stereocenters. The normalized spacial score (nSPS) is 20.8. The number of aliphatic hydroxyl groups is 1. The van der Waals surface area contributed by atoms with E-state index in [1.54, 1.807) is 31.4 Å². The quantitative estimate of drug-likeness (QED) is 0.558. The molecule has 2 aromatic carbocycles. The summed E-state index contributed by atoms with van der Waals surface area (Å²) in [5.74, 6) is 0.490. The predicted octanol–water partition coefficient (Wildman–Crippen LogP) is 2.75. The van der Waals surface area contributed by atoms with E-state index in [-0.39, 0.29) is 31.1 Å². The summed E-state index contributed by atoms with van der Waals surface area (Å²) in [5, 5.41) is 18.1. The lowest BCUT2D eigenvalue weighted by molar-refractivity contribution is -0.126. The first-order chi connectivity index (χ1) is 14.6. The van der Waals surface area contributed by atoms with E-state index in [0.717, 1.165) is 5.69 Å². The highest BCUT2D eigenvalue weighted by Crippen LogP contribution is 2.23. The Hall–Kier alpha value is -3.10. The number of anilines is 2. The third-order valence-corrected chi connectivity index (χ3v) is 4.91. The van der Waals surface area contributed by atoms with Crippen molar-refractivity contribution < 1.29 is 24.2 Å². The van der Waals surface area contributed by atoms with E-state index in [1.165, 1.54) is 0 Å². The molecule has 1 saturated heterocycles. The molecular formula is C22H27N3O5. The third-order valence-electron chi connectivity index (χ3n) is 4.91. The molecule has 0 saturated carbocycles. The van der Waals surface area contributed by atoms with Crippen molar-refractivity contribution in [3.63, 3.8) is 0 Å². The fraction of sp³-hybridized carbons (Fsp3) is 0.364. The van der Waals surface area contributed by atoms with Gasteiger partial charge in [-0.2, -0.15) is 0 Å². The van der Waals surface area contributed by atoms with Crippen LogP contribution in [0.25, 0.3) is 0 Å². The summed E-state index contributed by atoms with van der Waals surface area (Å²) in [4.78, 5) is 24.6. The molecule has 0 aromatic heterocycles. The van der Waals surface area contributed by atoms with Gasteiger partial charge in [0.05, 0.1) is 32.3 Å². The Bertz CT molecular complexity index is 846. The van der Waals surface area contributed by atoms with E-state index in [2.05, 4.69) is 16.0 Å². The zero-order valence-corrected chi connectivity index (χ0v) is 16.8. The van der Waals surface area contributed by atoms with Gasteiger partial charge in [-0.25, -0.2) is 4.79 Å². The van der Waals surface area contributed by atoms with Gasteiger partial charge < -0.3 is 30.5 Å². The monoisotopic (exact) mass is 413 g/mol. The van der Waals surface area contributed by atoms with Crippen LogP contribution in [-0.4, -0.2) is 49.0 Å². The highest BCUT2D eigenvalue weighted by Gasteiger charge is 2.33. The van der Waals surface area contributed by atoms with E-state index in [0.29, 0.717) is 24.3 Å². The number of ether oxygens (including phenoxy) is 2. The second kappa shape index (κ2) is 10.6. The van der Waals surface area contributed by atoms with E-state index < -0.39 is 12.1 Å². The average Bonchev–Trinajstić information content (AvgIpc) is 2.75. The molecule has 3 rings (SSSR count). The third kappa shape index (κ3) is 6.20. The SMILES string of the molecule is COc1cccc(NC(=O)N[C@H]2CC[C@@H](CC(=O)Nc3ccccc3)O[C@@H]2CO)c1. The Morgan fingerprint density at radius 3 is 2.57 bits per heavy atom. The molecular weight excluding hydrogens is 386 g/mol. The maximum absolute atomic E-state index is 12.3. The van der Waals surface area contributed by atoms with Crippen LogP contribution in [0, 0.1) is 0 Å². The molecule has 2 aromatic rings. The molecule has 1 aliphatic rings. The number of amides is 3. The van der Waals surface area contributed by atoms with Gasteiger partial charge in [0.25, 0.3) is 0 Å². The molecule has 8 nitrogen and oxygen atoms in total. The first kappa shape index (κ1) is 21.6. The smallest absolute Gasteiger partial charge is 0.319 e. The van der Waals surface area contributed by atoms with Gasteiger partial charge >= 0.3 is 6.03 Å². The summed E-state index contributed by atoms with van der Waals surface area (Å²) in [6.07, 6.45) is 0.492. The molecule has 1 fully saturated rings. The summed E-state index contributed by atoms with van der Waals surface area (Å²) in [6.45, 7) is -0.249. The highest BCUT2D eigenvalue weighted by atomic mass is 16.5. The van der Waals surface area contributed by atoms with Gasteiger partial charge in [0.15, 0.2) is 0 Å². The van der Waals surface area contributed by atoms with Crippen molar-refractivity contribution >= 4 is 23.3 Å². The first-order valence-corrected chi connectivity index (χ1v) is 9.90. The Balaban J connectivity index is 1.48. The molecule has 1 aliphatic heterocycles. The topological polar surface area (TPSA) is 109 Å². The number of para-hydroxylation sites is 1. The van der Waals surface area contributed by atoms with Crippen LogP contribution in [0.3, 0.4) is 0 Å². The molecule has 30 heavy (non-hydrogen) atoms. The van der Waals surface area contributed by atoms with Crippen molar-refractivity contribution in [2.24, 2.45) is 0 Å². The van der Waals surface area contributed by atoms with Gasteiger partial charge in [0.1, 0.15) is 11.9 Å². The Morgan fingerprint density at radius 2 is 1.83 bits per heavy atom. The minimum atomic E-state index is -0.579. The van der Waals surface area contributed by atoms with Crippen LogP contribution in [-0.2, 0) is 9.53 Å². The van der Waals surface area contributed by atoms with Crippen molar-refractivity contribution in [1.82, 2.24) is 5.32 Å². The van der Waals surface area contributed by atoms with Crippen LogP contribution in [0.2, 0.25) is 0 Å². The van der Waals surface area contributed by atoms with E-state index in [4.69, 9.17) is 9.47 Å². The summed E-state index contributed by atoms with van der Waals surface area (Å²) in [5.41, 5.74) is 1.32. The van der Waals surface area contributed by atoms with Crippen LogP contribution in [0.1, 0.15) is 19.3 Å². The molecule has 0 aliphatic carbocycles. The number of urea groups is 1. The number of hydrogen-bond acceptors (Lipinski definition) is 5. The molecule has 0 spiro atoms. The lowest BCUT2D eigenvalue weighted by Gasteiger charge is -2.35. The van der Waals surface area contributed by atoms with Crippen LogP contribution < -0.4 is 20.7 Å². The molecule has 4 N–H and O–H groups in total. The molecule has 160 valence electrons. The van der Waals surface area contributed by atoms with Crippen LogP contribution in [0.4, 0.5) is 16.2 Å². The molecule has 3 amide bonds. The van der Waals surface area contributed by atoms with E-state index >= 15 is 0 Å². The van der Waals surface area contributed by atoms with Crippen LogP contribution >= 0.6 is 0 Å². The van der Waals surface area contributed by atoms with Crippen molar-refractivity contribution in [3.05, 3.63) is 54.6 Å². The number of nitrogens with one attached hydrogen (secondary N) is 3. The number of aliphatic hydroxyl groups excluding tert-OH is 1. The number of rotatable bonds is 7. The summed E-state index contributed by atoms with van der Waals surface area (Å²) in [6, 6.07) is 15.5. The second-order valence-corrected chi connectivity index (χ2v) is 7.11. The van der Waals surface area contributed by atoms with Crippen molar-refractivity contribution in [3.8, 4) is 5.75 Å². The van der Waals surface area contributed by atoms with Gasteiger partial charge in [0.2, 0.25) is 5.91 Å². The summed E-state index contributed by atoms with van der Waals surface area (Å²) >= 11 is 0. The Kier molecular flexibility index (Phi) is 7.64. The zero-order chi connectivity index (χ0) is 21.3. The minimum absolute atomic E-state index is 0.148. The van der Waals surface area contributed by atoms with Gasteiger partial charge in [-0.1, -0.05) is 24.3 Å². The van der Waals surface area contributed by atoms with Crippen LogP contribution in [0.15, 0.2) is 54.6 Å². The fourth-order valence-corrected chi connectivity index (χ4v) is 3.42. The van der Waals surface area contributed by atoms with Crippen molar-refractivity contribution in [2.75, 3.05) is 24.4 Å². The highest BCUT2D eigenvalue weighted by molar-refractivity contribution is 5.91. The largest absolute Gasteiger partial charge is 0.497 e. The number of carbonyl (C=O) groups is 2. The maximum Gasteiger partial charge on any atom is 0.319 e. The lowest BCUT2D eigenvalue weighted by Crippen LogP contribution is -2.52. The molecule has 0 bridgehead atoms. The van der Waals surface area contributed by atoms with Crippen molar-refractivity contribution in [1.29, 1.82) is 0 Å². The van der Waals surface area contributed by atoms with Crippen LogP contribution in [0.5, 0.6) is 5.75 Å². The van der Waals surface area contributed by atoms with Gasteiger partial charge in [-0.15, -0.1) is 0 Å². The number of hydrogen-bond donors (Lipinski definition) is 4. The first-order valence-electron chi connectivity index (χ1n) is 9.90. The van der Waals surface area contributed by atoms with Crippen molar-refractivity contribution in [2.45, 2.75) is 37.5 Å². The average molecular weight is 413 g/mol. The number of benzene rings is 2. The van der Waals surface area contributed by atoms with Gasteiger partial charge in [-0.05, 0) is 37.1 Å². The Morgan fingerprint density at radius 1 is 1.07 bits per heavy atom. The van der Waals surface area contributed by atoms with Gasteiger partial charge in [-0.3, -0.25) is 4.79 Å². The van der Waals surface area contributed by atoms with Gasteiger partial charge in [0, 0.05) is 17.4 Å². The molecule has 1 heterocycles. The number of carbonyl (C=O) groups excluding carboxylic acids is 2. The predicted molar refractivity (Wildman–Crippen MR) is 114 cm³/mol. The van der Waals surface area contributed by atoms with E-state index in [9.17, 15) is 14.7 Å². The lowest BCUT2D eigenvalue weighted by atomic mass is 9.97. The maximum atomic E-state index is 12.3. The molecule has 8 heteroatoms. The number of methoxy groups -OCH3 is 1. The van der Waals surface area contributed by atoms with E-state index in [1.807, 2.05) is 30.3 Å². The molecule has 3 atom stereocenters. The zero-order valence-electron chi connectivity index (χ0n) is 16.8. The summed E-state index contributed by atoms with van der Waals surface area (Å²) in [7, 11) is 1.56. The molecule has 0 radical (unpaired) electrons. The Labute approximate surface area is 175 Å². The fourth-order valence-electron chi connectivity index (χ4n) is 3.42.